The number of carbonyl (C=O) groups excluding carboxylic acids is 2. The van der Waals surface area contributed by atoms with Crippen LogP contribution in [0.5, 0.6) is 0 Å². The zero-order valence-electron chi connectivity index (χ0n) is 17.8. The molecule has 32 heavy (non-hydrogen) atoms. The summed E-state index contributed by atoms with van der Waals surface area (Å²) in [5.74, 6) is 0.143. The van der Waals surface area contributed by atoms with Crippen LogP contribution in [0.2, 0.25) is 5.02 Å². The number of aryl methyl sites for hydroxylation is 1. The molecule has 0 unspecified atom stereocenters. The number of hydrogen-bond acceptors (Lipinski definition) is 4. The summed E-state index contributed by atoms with van der Waals surface area (Å²) >= 11 is 12.7. The number of nitrogens with zero attached hydrogens (tertiary/aromatic N) is 2. The predicted octanol–water partition coefficient (Wildman–Crippen LogP) is 6.08. The predicted molar refractivity (Wildman–Crippen MR) is 137 cm³/mol. The molecule has 2 aliphatic heterocycles. The van der Waals surface area contributed by atoms with Crippen molar-refractivity contribution in [1.82, 2.24) is 4.90 Å². The number of halogens is 1. The van der Waals surface area contributed by atoms with Crippen molar-refractivity contribution >= 4 is 63.5 Å². The Labute approximate surface area is 203 Å². The molecule has 4 nitrogen and oxygen atoms in total. The standard InChI is InChI=1S/C25H25ClN2O2S2/c26-20-13-11-18(12-14-20)17-22-24(30)28(25(31)32-22)15-5-1-2-10-23(29)27-16-6-8-19-7-3-4-9-21(19)27/h3-4,7,9,11-14,17H,1-2,5-6,8,10,15-16H2. The third kappa shape index (κ3) is 5.42. The van der Waals surface area contributed by atoms with Crippen LogP contribution in [0.4, 0.5) is 5.69 Å². The number of para-hydroxylation sites is 1. The summed E-state index contributed by atoms with van der Waals surface area (Å²) in [6.45, 7) is 1.38. The Bertz CT molecular complexity index is 1050. The van der Waals surface area contributed by atoms with E-state index in [2.05, 4.69) is 6.07 Å². The molecule has 2 amide bonds. The molecule has 166 valence electrons. The van der Waals surface area contributed by atoms with Crippen LogP contribution in [0.15, 0.2) is 53.4 Å². The summed E-state index contributed by atoms with van der Waals surface area (Å²) < 4.78 is 0.594. The summed E-state index contributed by atoms with van der Waals surface area (Å²) in [7, 11) is 0. The van der Waals surface area contributed by atoms with Crippen LogP contribution in [-0.4, -0.2) is 34.1 Å². The topological polar surface area (TPSA) is 40.6 Å². The maximum absolute atomic E-state index is 12.7. The van der Waals surface area contributed by atoms with Gasteiger partial charge in [-0.15, -0.1) is 0 Å². The van der Waals surface area contributed by atoms with Crippen LogP contribution in [0.25, 0.3) is 6.08 Å². The molecule has 0 atom stereocenters. The Kier molecular flexibility index (Phi) is 7.66. The molecule has 1 fully saturated rings. The maximum atomic E-state index is 12.7. The van der Waals surface area contributed by atoms with Gasteiger partial charge in [0, 0.05) is 30.2 Å². The molecule has 0 aliphatic carbocycles. The Morgan fingerprint density at radius 1 is 1.09 bits per heavy atom. The van der Waals surface area contributed by atoms with E-state index >= 15 is 0 Å². The van der Waals surface area contributed by atoms with Gasteiger partial charge < -0.3 is 4.90 Å². The monoisotopic (exact) mass is 484 g/mol. The minimum absolute atomic E-state index is 0.0454. The van der Waals surface area contributed by atoms with Gasteiger partial charge in [0.2, 0.25) is 5.91 Å². The molecule has 2 aromatic carbocycles. The molecule has 2 heterocycles. The molecule has 0 N–H and O–H groups in total. The number of rotatable bonds is 7. The van der Waals surface area contributed by atoms with E-state index in [1.807, 2.05) is 41.3 Å². The maximum Gasteiger partial charge on any atom is 0.266 e. The molecule has 1 saturated heterocycles. The molecule has 2 aliphatic rings. The van der Waals surface area contributed by atoms with E-state index in [0.29, 0.717) is 27.2 Å². The molecular formula is C25H25ClN2O2S2. The number of thiocarbonyl (C=S) groups is 1. The van der Waals surface area contributed by atoms with E-state index in [4.69, 9.17) is 23.8 Å². The molecule has 0 bridgehead atoms. The van der Waals surface area contributed by atoms with Crippen LogP contribution in [-0.2, 0) is 16.0 Å². The van der Waals surface area contributed by atoms with Gasteiger partial charge in [0.1, 0.15) is 4.32 Å². The average molecular weight is 485 g/mol. The molecular weight excluding hydrogens is 460 g/mol. The molecule has 4 rings (SSSR count). The van der Waals surface area contributed by atoms with Gasteiger partial charge in [-0.3, -0.25) is 14.5 Å². The second kappa shape index (κ2) is 10.6. The average Bonchev–Trinajstić information content (AvgIpc) is 3.07. The Morgan fingerprint density at radius 3 is 2.69 bits per heavy atom. The van der Waals surface area contributed by atoms with Gasteiger partial charge in [-0.2, -0.15) is 0 Å². The fourth-order valence-corrected chi connectivity index (χ4v) is 5.49. The second-order valence-electron chi connectivity index (χ2n) is 7.97. The lowest BCUT2D eigenvalue weighted by molar-refractivity contribution is -0.122. The number of thioether (sulfide) groups is 1. The SMILES string of the molecule is O=C1C(=Cc2ccc(Cl)cc2)SC(=S)N1CCCCCC(=O)N1CCCc2ccccc21. The molecule has 7 heteroatoms. The minimum Gasteiger partial charge on any atom is -0.312 e. The van der Waals surface area contributed by atoms with E-state index in [1.165, 1.54) is 17.3 Å². The summed E-state index contributed by atoms with van der Waals surface area (Å²) in [5, 5.41) is 0.665. The van der Waals surface area contributed by atoms with Crippen LogP contribution in [0, 0.1) is 0 Å². The number of carbonyl (C=O) groups is 2. The lowest BCUT2D eigenvalue weighted by Gasteiger charge is -2.29. The highest BCUT2D eigenvalue weighted by atomic mass is 35.5. The van der Waals surface area contributed by atoms with Crippen molar-refractivity contribution in [2.24, 2.45) is 0 Å². The number of benzene rings is 2. The fraction of sp³-hybridized carbons (Fsp3) is 0.320. The lowest BCUT2D eigenvalue weighted by atomic mass is 10.0. The van der Waals surface area contributed by atoms with Crippen LogP contribution >= 0.6 is 35.6 Å². The molecule has 0 aromatic heterocycles. The first-order valence-electron chi connectivity index (χ1n) is 10.9. The van der Waals surface area contributed by atoms with Crippen molar-refractivity contribution in [3.8, 4) is 0 Å². The van der Waals surface area contributed by atoms with Gasteiger partial charge >= 0.3 is 0 Å². The van der Waals surface area contributed by atoms with Crippen molar-refractivity contribution in [1.29, 1.82) is 0 Å². The Hall–Kier alpha value is -2.15. The van der Waals surface area contributed by atoms with Gasteiger partial charge in [0.15, 0.2) is 0 Å². The number of anilines is 1. The van der Waals surface area contributed by atoms with E-state index in [0.717, 1.165) is 49.9 Å². The van der Waals surface area contributed by atoms with Crippen molar-refractivity contribution in [2.45, 2.75) is 38.5 Å². The number of fused-ring (bicyclic) bond motifs is 1. The summed E-state index contributed by atoms with van der Waals surface area (Å²) in [4.78, 5) is 29.7. The molecule has 0 spiro atoms. The van der Waals surface area contributed by atoms with E-state index in [-0.39, 0.29) is 11.8 Å². The third-order valence-corrected chi connectivity index (χ3v) is 7.35. The van der Waals surface area contributed by atoms with E-state index in [9.17, 15) is 9.59 Å². The van der Waals surface area contributed by atoms with Crippen LogP contribution in [0.3, 0.4) is 0 Å². The van der Waals surface area contributed by atoms with E-state index in [1.54, 1.807) is 17.0 Å². The Balaban J connectivity index is 1.24. The highest BCUT2D eigenvalue weighted by molar-refractivity contribution is 8.26. The van der Waals surface area contributed by atoms with Crippen molar-refractivity contribution in [3.05, 3.63) is 69.6 Å². The van der Waals surface area contributed by atoms with Gasteiger partial charge in [0.25, 0.3) is 5.91 Å². The molecule has 2 aromatic rings. The zero-order valence-corrected chi connectivity index (χ0v) is 20.1. The molecule has 0 radical (unpaired) electrons. The first-order valence-corrected chi connectivity index (χ1v) is 12.5. The van der Waals surface area contributed by atoms with Gasteiger partial charge in [-0.1, -0.05) is 72.3 Å². The number of unbranched alkanes of at least 4 members (excludes halogenated alkanes) is 2. The normalized spacial score (nSPS) is 17.2. The zero-order chi connectivity index (χ0) is 22.5. The number of hydrogen-bond donors (Lipinski definition) is 0. The summed E-state index contributed by atoms with van der Waals surface area (Å²) in [6, 6.07) is 15.5. The van der Waals surface area contributed by atoms with Gasteiger partial charge in [-0.25, -0.2) is 0 Å². The summed E-state index contributed by atoms with van der Waals surface area (Å²) in [6.07, 6.45) is 6.96. The smallest absolute Gasteiger partial charge is 0.266 e. The lowest BCUT2D eigenvalue weighted by Crippen LogP contribution is -2.35. The van der Waals surface area contributed by atoms with Crippen molar-refractivity contribution < 1.29 is 9.59 Å². The van der Waals surface area contributed by atoms with Crippen LogP contribution < -0.4 is 4.90 Å². The highest BCUT2D eigenvalue weighted by Crippen LogP contribution is 2.33. The first kappa shape index (κ1) is 23.0. The number of amides is 2. The minimum atomic E-state index is -0.0454. The second-order valence-corrected chi connectivity index (χ2v) is 10.1. The molecule has 0 saturated carbocycles. The largest absolute Gasteiger partial charge is 0.312 e. The summed E-state index contributed by atoms with van der Waals surface area (Å²) in [5.41, 5.74) is 3.25. The fourth-order valence-electron chi connectivity index (χ4n) is 4.05. The van der Waals surface area contributed by atoms with Crippen molar-refractivity contribution in [3.63, 3.8) is 0 Å². The first-order chi connectivity index (χ1) is 15.5. The Morgan fingerprint density at radius 2 is 1.88 bits per heavy atom. The van der Waals surface area contributed by atoms with Crippen molar-refractivity contribution in [2.75, 3.05) is 18.0 Å². The van der Waals surface area contributed by atoms with Gasteiger partial charge in [0.05, 0.1) is 4.91 Å². The van der Waals surface area contributed by atoms with E-state index < -0.39 is 0 Å². The third-order valence-electron chi connectivity index (χ3n) is 5.73. The highest BCUT2D eigenvalue weighted by Gasteiger charge is 2.31. The van der Waals surface area contributed by atoms with Crippen LogP contribution in [0.1, 0.15) is 43.2 Å². The van der Waals surface area contributed by atoms with Gasteiger partial charge in [-0.05, 0) is 61.1 Å². The quantitative estimate of drug-likeness (QED) is 0.271.